The van der Waals surface area contributed by atoms with Gasteiger partial charge in [-0.15, -0.1) is 11.3 Å². The van der Waals surface area contributed by atoms with Gasteiger partial charge in [0, 0.05) is 22.3 Å². The molecule has 0 saturated carbocycles. The van der Waals surface area contributed by atoms with Crippen LogP contribution in [0.5, 0.6) is 5.75 Å². The molecule has 4 rings (SSSR count). The summed E-state index contributed by atoms with van der Waals surface area (Å²) in [4.78, 5) is 18.5. The molecule has 0 spiro atoms. The van der Waals surface area contributed by atoms with E-state index in [0.717, 1.165) is 4.88 Å². The van der Waals surface area contributed by atoms with Gasteiger partial charge < -0.3 is 10.1 Å². The molecule has 0 atom stereocenters. The van der Waals surface area contributed by atoms with E-state index >= 15 is 0 Å². The highest BCUT2D eigenvalue weighted by atomic mass is 32.1. The summed E-state index contributed by atoms with van der Waals surface area (Å²) in [7, 11) is 1.39. The lowest BCUT2D eigenvalue weighted by Crippen LogP contribution is -2.13. The Labute approximate surface area is 164 Å². The molecule has 0 bridgehead atoms. The number of thiophene rings is 1. The van der Waals surface area contributed by atoms with Crippen LogP contribution in [0.15, 0.2) is 48.0 Å². The van der Waals surface area contributed by atoms with Gasteiger partial charge >= 0.3 is 0 Å². The van der Waals surface area contributed by atoms with Crippen molar-refractivity contribution < 1.29 is 13.9 Å². The Morgan fingerprint density at radius 3 is 2.89 bits per heavy atom. The van der Waals surface area contributed by atoms with Crippen molar-refractivity contribution >= 4 is 34.0 Å². The first-order valence-electron chi connectivity index (χ1n) is 8.55. The van der Waals surface area contributed by atoms with Crippen molar-refractivity contribution in [3.8, 4) is 5.75 Å². The van der Waals surface area contributed by atoms with Crippen LogP contribution in [-0.4, -0.2) is 27.8 Å². The van der Waals surface area contributed by atoms with Gasteiger partial charge in [-0.1, -0.05) is 6.07 Å². The molecule has 28 heavy (non-hydrogen) atoms. The molecule has 0 radical (unpaired) electrons. The highest BCUT2D eigenvalue weighted by Crippen LogP contribution is 2.24. The molecule has 1 N–H and O–H groups in total. The molecule has 8 heteroatoms. The van der Waals surface area contributed by atoms with Crippen LogP contribution in [0.2, 0.25) is 0 Å². The van der Waals surface area contributed by atoms with Gasteiger partial charge in [-0.2, -0.15) is 5.10 Å². The summed E-state index contributed by atoms with van der Waals surface area (Å²) in [6, 6.07) is 10.00. The topological polar surface area (TPSA) is 69.0 Å². The van der Waals surface area contributed by atoms with Gasteiger partial charge in [-0.3, -0.25) is 4.79 Å². The molecule has 0 aliphatic heterocycles. The summed E-state index contributed by atoms with van der Waals surface area (Å²) in [5.74, 6) is -0.772. The van der Waals surface area contributed by atoms with Gasteiger partial charge in [-0.05, 0) is 36.6 Å². The van der Waals surface area contributed by atoms with E-state index in [2.05, 4.69) is 15.4 Å². The Hall–Kier alpha value is -3.26. The lowest BCUT2D eigenvalue weighted by atomic mass is 10.1. The van der Waals surface area contributed by atoms with Crippen LogP contribution >= 0.6 is 11.3 Å². The number of anilines is 1. The van der Waals surface area contributed by atoms with Crippen molar-refractivity contribution in [2.45, 2.75) is 13.5 Å². The van der Waals surface area contributed by atoms with Crippen LogP contribution in [0.1, 0.15) is 20.9 Å². The average molecular weight is 396 g/mol. The van der Waals surface area contributed by atoms with Crippen LogP contribution in [0, 0.1) is 12.7 Å². The standard InChI is InChI=1S/C20H17FN4O2S/c1-12-8-15(20(26)24-13-5-6-18(27-2)17(21)9-13)16-10-22-25(19(16)23-12)11-14-4-3-7-28-14/h3-10H,11H2,1-2H3,(H,24,26). The maximum Gasteiger partial charge on any atom is 0.256 e. The Bertz CT molecular complexity index is 1150. The Kier molecular flexibility index (Phi) is 4.79. The van der Waals surface area contributed by atoms with Crippen molar-refractivity contribution in [2.24, 2.45) is 0 Å². The van der Waals surface area contributed by atoms with Gasteiger partial charge in [0.15, 0.2) is 17.2 Å². The number of pyridine rings is 1. The van der Waals surface area contributed by atoms with Crippen molar-refractivity contribution in [1.29, 1.82) is 0 Å². The zero-order chi connectivity index (χ0) is 19.7. The van der Waals surface area contributed by atoms with Gasteiger partial charge in [-0.25, -0.2) is 14.1 Å². The quantitative estimate of drug-likeness (QED) is 0.548. The van der Waals surface area contributed by atoms with Crippen LogP contribution in [0.3, 0.4) is 0 Å². The number of aryl methyl sites for hydroxylation is 1. The smallest absolute Gasteiger partial charge is 0.256 e. The maximum absolute atomic E-state index is 13.9. The second-order valence-corrected chi connectivity index (χ2v) is 7.27. The van der Waals surface area contributed by atoms with E-state index in [1.807, 2.05) is 24.4 Å². The third-order valence-electron chi connectivity index (χ3n) is 4.28. The largest absolute Gasteiger partial charge is 0.494 e. The number of aromatic nitrogens is 3. The second-order valence-electron chi connectivity index (χ2n) is 6.23. The zero-order valence-electron chi connectivity index (χ0n) is 15.3. The Morgan fingerprint density at radius 2 is 2.18 bits per heavy atom. The van der Waals surface area contributed by atoms with Gasteiger partial charge in [0.25, 0.3) is 5.91 Å². The van der Waals surface area contributed by atoms with E-state index in [-0.39, 0.29) is 11.7 Å². The molecule has 0 aliphatic rings. The maximum atomic E-state index is 13.9. The first-order valence-corrected chi connectivity index (χ1v) is 9.43. The number of halogens is 1. The summed E-state index contributed by atoms with van der Waals surface area (Å²) in [6.45, 7) is 2.41. The second kappa shape index (κ2) is 7.40. The molecule has 0 fully saturated rings. The number of methoxy groups -OCH3 is 1. The minimum absolute atomic E-state index is 0.120. The number of carbonyl (C=O) groups excluding carboxylic acids is 1. The number of hydrogen-bond acceptors (Lipinski definition) is 5. The molecule has 3 heterocycles. The minimum atomic E-state index is -0.542. The molecule has 142 valence electrons. The molecular weight excluding hydrogens is 379 g/mol. The summed E-state index contributed by atoms with van der Waals surface area (Å²) in [5, 5.41) is 9.78. The molecule has 3 aromatic heterocycles. The fourth-order valence-corrected chi connectivity index (χ4v) is 3.65. The number of ether oxygens (including phenoxy) is 1. The van der Waals surface area contributed by atoms with E-state index in [4.69, 9.17) is 4.74 Å². The number of carbonyl (C=O) groups is 1. The predicted octanol–water partition coefficient (Wildman–Crippen LogP) is 4.25. The fourth-order valence-electron chi connectivity index (χ4n) is 2.97. The van der Waals surface area contributed by atoms with E-state index < -0.39 is 5.82 Å². The summed E-state index contributed by atoms with van der Waals surface area (Å²) in [6.07, 6.45) is 1.64. The number of hydrogen-bond donors (Lipinski definition) is 1. The van der Waals surface area contributed by atoms with Crippen LogP contribution in [0.25, 0.3) is 11.0 Å². The molecule has 0 saturated heterocycles. The van der Waals surface area contributed by atoms with Crippen molar-refractivity contribution in [1.82, 2.24) is 14.8 Å². The normalized spacial score (nSPS) is 11.0. The van der Waals surface area contributed by atoms with Crippen molar-refractivity contribution in [2.75, 3.05) is 12.4 Å². The van der Waals surface area contributed by atoms with Crippen molar-refractivity contribution in [3.05, 3.63) is 69.9 Å². The molecule has 0 unspecified atom stereocenters. The van der Waals surface area contributed by atoms with Gasteiger partial charge in [0.05, 0.1) is 30.8 Å². The molecular formula is C20H17FN4O2S. The Morgan fingerprint density at radius 1 is 1.32 bits per heavy atom. The summed E-state index contributed by atoms with van der Waals surface area (Å²) >= 11 is 1.64. The summed E-state index contributed by atoms with van der Waals surface area (Å²) in [5.41, 5.74) is 2.12. The highest BCUT2D eigenvalue weighted by Gasteiger charge is 2.17. The van der Waals surface area contributed by atoms with Crippen molar-refractivity contribution in [3.63, 3.8) is 0 Å². The first-order chi connectivity index (χ1) is 13.5. The third kappa shape index (κ3) is 3.46. The molecule has 6 nitrogen and oxygen atoms in total. The zero-order valence-corrected chi connectivity index (χ0v) is 16.1. The highest BCUT2D eigenvalue weighted by molar-refractivity contribution is 7.09. The third-order valence-corrected chi connectivity index (χ3v) is 5.14. The van der Waals surface area contributed by atoms with Crippen LogP contribution in [-0.2, 0) is 6.54 Å². The first kappa shape index (κ1) is 18.1. The summed E-state index contributed by atoms with van der Waals surface area (Å²) < 4.78 is 20.6. The Balaban J connectivity index is 1.67. The average Bonchev–Trinajstić information content (AvgIpc) is 3.32. The number of nitrogens with zero attached hydrogens (tertiary/aromatic N) is 3. The number of nitrogens with one attached hydrogen (secondary N) is 1. The van der Waals surface area contributed by atoms with Gasteiger partial charge in [0.2, 0.25) is 0 Å². The molecule has 1 aromatic carbocycles. The number of fused-ring (bicyclic) bond motifs is 1. The monoisotopic (exact) mass is 396 g/mol. The molecule has 4 aromatic rings. The predicted molar refractivity (Wildman–Crippen MR) is 107 cm³/mol. The van der Waals surface area contributed by atoms with Crippen LogP contribution in [0.4, 0.5) is 10.1 Å². The lowest BCUT2D eigenvalue weighted by molar-refractivity contribution is 0.102. The fraction of sp³-hybridized carbons (Fsp3) is 0.150. The van der Waals surface area contributed by atoms with E-state index in [9.17, 15) is 9.18 Å². The number of rotatable bonds is 5. The van der Waals surface area contributed by atoms with Crippen LogP contribution < -0.4 is 10.1 Å². The molecule has 1 amide bonds. The van der Waals surface area contributed by atoms with E-state index in [1.165, 1.54) is 19.2 Å². The number of amides is 1. The van der Waals surface area contributed by atoms with E-state index in [0.29, 0.717) is 34.5 Å². The minimum Gasteiger partial charge on any atom is -0.494 e. The van der Waals surface area contributed by atoms with Gasteiger partial charge in [0.1, 0.15) is 0 Å². The lowest BCUT2D eigenvalue weighted by Gasteiger charge is -2.09. The van der Waals surface area contributed by atoms with E-state index in [1.54, 1.807) is 34.3 Å². The number of benzene rings is 1. The SMILES string of the molecule is COc1ccc(NC(=O)c2cc(C)nc3c2cnn3Cc2cccs2)cc1F. The molecule has 0 aliphatic carbocycles.